The molecule has 0 saturated heterocycles. The number of unbranched alkanes of at least 4 members (excludes halogenated alkanes) is 36. The van der Waals surface area contributed by atoms with Gasteiger partial charge in [-0.15, -0.1) is 0 Å². The summed E-state index contributed by atoms with van der Waals surface area (Å²) in [6, 6.07) is 0. The topological polar surface area (TPSA) is 72.8 Å². The lowest BCUT2D eigenvalue weighted by molar-refractivity contribution is -0.161. The minimum Gasteiger partial charge on any atom is -0.462 e. The fourth-order valence-corrected chi connectivity index (χ4v) is 9.47. The molecule has 0 amide bonds. The van der Waals surface area contributed by atoms with Crippen LogP contribution in [0.15, 0.2) is 97.2 Å². The fourth-order valence-electron chi connectivity index (χ4n) is 9.47. The van der Waals surface area contributed by atoms with Crippen LogP contribution in [0.4, 0.5) is 0 Å². The Kier molecular flexibility index (Phi) is 63.3. The maximum absolute atomic E-state index is 12.4. The first-order valence-electron chi connectivity index (χ1n) is 32.8. The highest BCUT2D eigenvalue weighted by Crippen LogP contribution is 2.17. The van der Waals surface area contributed by atoms with E-state index < -0.39 is 6.10 Å². The zero-order valence-corrected chi connectivity index (χ0v) is 50.3. The van der Waals surface area contributed by atoms with Crippen molar-refractivity contribution in [3.8, 4) is 0 Å². The van der Waals surface area contributed by atoms with Gasteiger partial charge in [0.05, 0.1) is 6.61 Å². The summed E-state index contributed by atoms with van der Waals surface area (Å²) in [6.45, 7) is 4.05. The number of carbonyl (C=O) groups is 2. The Morgan fingerprint density at radius 2 is 0.566 bits per heavy atom. The van der Waals surface area contributed by atoms with Gasteiger partial charge in [-0.3, -0.25) is 9.59 Å². The number of hydrogen-bond donors (Lipinski definition) is 1. The zero-order valence-electron chi connectivity index (χ0n) is 50.3. The molecule has 0 saturated carbocycles. The van der Waals surface area contributed by atoms with E-state index in [2.05, 4.69) is 111 Å². The van der Waals surface area contributed by atoms with E-state index in [0.29, 0.717) is 12.8 Å². The van der Waals surface area contributed by atoms with Crippen molar-refractivity contribution in [1.29, 1.82) is 0 Å². The van der Waals surface area contributed by atoms with Crippen LogP contribution in [0.5, 0.6) is 0 Å². The van der Waals surface area contributed by atoms with Crippen LogP contribution < -0.4 is 0 Å². The number of rotatable bonds is 60. The van der Waals surface area contributed by atoms with E-state index in [4.69, 9.17) is 9.47 Å². The molecule has 5 heteroatoms. The SMILES string of the molecule is CC/C=C\C/C=C\C/C=C\C/C=C\C/C=C\C/C=C\CCCCCCCCCCCCCCCCC(=O)OC(CO)COC(=O)CCCCCCCCCCCCCCCCCCC/C=C\C/C=C\CCCCCCC. The number of ether oxygens (including phenoxy) is 2. The van der Waals surface area contributed by atoms with Crippen molar-refractivity contribution in [2.45, 2.75) is 328 Å². The van der Waals surface area contributed by atoms with Gasteiger partial charge in [-0.1, -0.05) is 310 Å². The largest absolute Gasteiger partial charge is 0.462 e. The van der Waals surface area contributed by atoms with E-state index in [9.17, 15) is 14.7 Å². The van der Waals surface area contributed by atoms with Crippen molar-refractivity contribution in [3.05, 3.63) is 97.2 Å². The third kappa shape index (κ3) is 63.4. The van der Waals surface area contributed by atoms with Crippen molar-refractivity contribution in [1.82, 2.24) is 0 Å². The molecule has 0 radical (unpaired) electrons. The molecule has 0 rings (SSSR count). The molecule has 0 fully saturated rings. The highest BCUT2D eigenvalue weighted by Gasteiger charge is 2.16. The number of carbonyl (C=O) groups excluding carboxylic acids is 2. The highest BCUT2D eigenvalue weighted by atomic mass is 16.6. The molecule has 0 bridgehead atoms. The van der Waals surface area contributed by atoms with E-state index in [1.165, 1.54) is 212 Å². The first kappa shape index (κ1) is 72.8. The predicted molar refractivity (Wildman–Crippen MR) is 334 cm³/mol. The molecular weight excluding hydrogens is 933 g/mol. The van der Waals surface area contributed by atoms with E-state index in [0.717, 1.165) is 83.5 Å². The van der Waals surface area contributed by atoms with Gasteiger partial charge in [0.15, 0.2) is 6.10 Å². The van der Waals surface area contributed by atoms with Gasteiger partial charge in [0.25, 0.3) is 0 Å². The summed E-state index contributed by atoms with van der Waals surface area (Å²) in [7, 11) is 0. The molecule has 76 heavy (non-hydrogen) atoms. The number of esters is 2. The fraction of sp³-hybridized carbons (Fsp3) is 0.746. The second-order valence-corrected chi connectivity index (χ2v) is 21.8. The zero-order chi connectivity index (χ0) is 54.8. The molecule has 0 aromatic carbocycles. The first-order chi connectivity index (χ1) is 37.6. The quantitative estimate of drug-likeness (QED) is 0.0373. The van der Waals surface area contributed by atoms with Crippen LogP contribution in [0.2, 0.25) is 0 Å². The summed E-state index contributed by atoms with van der Waals surface area (Å²) in [4.78, 5) is 24.6. The second-order valence-electron chi connectivity index (χ2n) is 21.8. The minimum absolute atomic E-state index is 0.0664. The van der Waals surface area contributed by atoms with Gasteiger partial charge in [-0.05, 0) is 96.3 Å². The third-order valence-electron chi connectivity index (χ3n) is 14.4. The molecule has 0 aliphatic heterocycles. The van der Waals surface area contributed by atoms with E-state index in [1.807, 2.05) is 0 Å². The third-order valence-corrected chi connectivity index (χ3v) is 14.4. The smallest absolute Gasteiger partial charge is 0.306 e. The Morgan fingerprint density at radius 1 is 0.316 bits per heavy atom. The van der Waals surface area contributed by atoms with Crippen LogP contribution in [-0.4, -0.2) is 36.4 Å². The second kappa shape index (κ2) is 66.1. The summed E-state index contributed by atoms with van der Waals surface area (Å²) >= 11 is 0. The molecule has 1 atom stereocenters. The maximum atomic E-state index is 12.4. The molecule has 1 N–H and O–H groups in total. The van der Waals surface area contributed by atoms with Gasteiger partial charge >= 0.3 is 11.9 Å². The number of allylic oxidation sites excluding steroid dienone is 16. The van der Waals surface area contributed by atoms with Crippen molar-refractivity contribution in [2.24, 2.45) is 0 Å². The first-order valence-corrected chi connectivity index (χ1v) is 32.8. The van der Waals surface area contributed by atoms with Crippen molar-refractivity contribution in [2.75, 3.05) is 13.2 Å². The molecule has 0 aromatic rings. The van der Waals surface area contributed by atoms with E-state index in [1.54, 1.807) is 0 Å². The van der Waals surface area contributed by atoms with Crippen molar-refractivity contribution >= 4 is 11.9 Å². The van der Waals surface area contributed by atoms with Gasteiger partial charge in [0.1, 0.15) is 6.61 Å². The van der Waals surface area contributed by atoms with Crippen LogP contribution in [0, 0.1) is 0 Å². The predicted octanol–water partition coefficient (Wildman–Crippen LogP) is 22.6. The molecule has 0 aromatic heterocycles. The molecule has 0 aliphatic rings. The van der Waals surface area contributed by atoms with Crippen molar-refractivity contribution in [3.63, 3.8) is 0 Å². The Morgan fingerprint density at radius 3 is 0.855 bits per heavy atom. The van der Waals surface area contributed by atoms with Crippen LogP contribution in [0.25, 0.3) is 0 Å². The maximum Gasteiger partial charge on any atom is 0.306 e. The monoisotopic (exact) mass is 1060 g/mol. The van der Waals surface area contributed by atoms with Gasteiger partial charge < -0.3 is 14.6 Å². The van der Waals surface area contributed by atoms with Crippen molar-refractivity contribution < 1.29 is 24.2 Å². The summed E-state index contributed by atoms with van der Waals surface area (Å²) in [5, 5.41) is 9.69. The van der Waals surface area contributed by atoms with Gasteiger partial charge in [0, 0.05) is 12.8 Å². The minimum atomic E-state index is -0.777. The van der Waals surface area contributed by atoms with E-state index >= 15 is 0 Å². The number of hydrogen-bond acceptors (Lipinski definition) is 5. The highest BCUT2D eigenvalue weighted by molar-refractivity contribution is 5.70. The van der Waals surface area contributed by atoms with Gasteiger partial charge in [-0.25, -0.2) is 0 Å². The van der Waals surface area contributed by atoms with Gasteiger partial charge in [0.2, 0.25) is 0 Å². The van der Waals surface area contributed by atoms with E-state index in [-0.39, 0.29) is 25.2 Å². The normalized spacial score (nSPS) is 12.8. The average molecular weight is 1060 g/mol. The standard InChI is InChI=1S/C71H124O5/c1-3-5-7-9-11-13-15-17-19-21-23-25-27-29-31-33-34-35-36-38-40-42-44-46-48-50-52-54-56-58-60-62-64-66-71(74)76-69(67-72)68-75-70(73)65-63-61-59-57-55-53-51-49-47-45-43-41-39-37-32-30-28-26-24-22-20-18-16-14-12-10-8-6-4-2/h5,7,11,13,16-19,22-25,29,31,34-35,69,72H,3-4,6,8-10,12,14-15,20-21,26-28,30,32-33,36-68H2,1-2H3/b7-5-,13-11-,18-16-,19-17-,24-22-,25-23-,31-29-,35-34-. The molecule has 0 spiro atoms. The molecular formula is C71H124O5. The Balaban J connectivity index is 3.46. The summed E-state index contributed by atoms with van der Waals surface area (Å²) in [6.07, 6.45) is 94.1. The Hall–Kier alpha value is -3.18. The summed E-state index contributed by atoms with van der Waals surface area (Å²) < 4.78 is 10.8. The van der Waals surface area contributed by atoms with Gasteiger partial charge in [-0.2, -0.15) is 0 Å². The lowest BCUT2D eigenvalue weighted by Gasteiger charge is -2.15. The van der Waals surface area contributed by atoms with Crippen LogP contribution in [0.3, 0.4) is 0 Å². The van der Waals surface area contributed by atoms with Crippen LogP contribution in [-0.2, 0) is 19.1 Å². The summed E-state index contributed by atoms with van der Waals surface area (Å²) in [5.74, 6) is -0.581. The Bertz CT molecular complexity index is 1430. The number of aliphatic hydroxyl groups excluding tert-OH is 1. The molecule has 0 heterocycles. The average Bonchev–Trinajstić information content (AvgIpc) is 3.42. The number of aliphatic hydroxyl groups is 1. The molecule has 0 aliphatic carbocycles. The lowest BCUT2D eigenvalue weighted by atomic mass is 10.0. The lowest BCUT2D eigenvalue weighted by Crippen LogP contribution is -2.28. The Labute approximate surface area is 472 Å². The molecule has 1 unspecified atom stereocenters. The van der Waals surface area contributed by atoms with Crippen LogP contribution in [0.1, 0.15) is 322 Å². The molecule has 438 valence electrons. The summed E-state index contributed by atoms with van der Waals surface area (Å²) in [5.41, 5.74) is 0. The molecule has 5 nitrogen and oxygen atoms in total. The van der Waals surface area contributed by atoms with Crippen LogP contribution >= 0.6 is 0 Å².